The lowest BCUT2D eigenvalue weighted by molar-refractivity contribution is 0.104. The molecule has 4 nitrogen and oxygen atoms in total. The van der Waals surface area contributed by atoms with Gasteiger partial charge >= 0.3 is 0 Å². The number of hydrogen-bond acceptors (Lipinski definition) is 4. The molecule has 0 saturated heterocycles. The van der Waals surface area contributed by atoms with Crippen molar-refractivity contribution in [1.29, 1.82) is 0 Å². The van der Waals surface area contributed by atoms with Crippen LogP contribution in [0.1, 0.15) is 15.2 Å². The third-order valence-electron chi connectivity index (χ3n) is 3.32. The molecule has 19 heavy (non-hydrogen) atoms. The Hall–Kier alpha value is -2.40. The summed E-state index contributed by atoms with van der Waals surface area (Å²) in [6.07, 6.45) is 0. The molecule has 2 heterocycles. The van der Waals surface area contributed by atoms with Gasteiger partial charge in [-0.3, -0.25) is 9.89 Å². The van der Waals surface area contributed by atoms with E-state index in [4.69, 9.17) is 5.73 Å². The van der Waals surface area contributed by atoms with E-state index in [2.05, 4.69) is 10.2 Å². The molecule has 0 aliphatic heterocycles. The molecule has 0 bridgehead atoms. The third kappa shape index (κ3) is 1.33. The summed E-state index contributed by atoms with van der Waals surface area (Å²) in [4.78, 5) is 13.2. The Morgan fingerprint density at radius 2 is 1.95 bits per heavy atom. The normalized spacial score (nSPS) is 12.5. The summed E-state index contributed by atoms with van der Waals surface area (Å²) in [5.41, 5.74) is 10.4. The maximum Gasteiger partial charge on any atom is 0.208 e. The fourth-order valence-corrected chi connectivity index (χ4v) is 3.25. The zero-order chi connectivity index (χ0) is 13.0. The maximum atomic E-state index is 12.4. The minimum atomic E-state index is 0.0561. The van der Waals surface area contributed by atoms with Crippen LogP contribution in [0, 0.1) is 0 Å². The second-order valence-electron chi connectivity index (χ2n) is 4.44. The number of hydrogen-bond donors (Lipinski definition) is 2. The molecule has 2 aromatic heterocycles. The second-order valence-corrected chi connectivity index (χ2v) is 5.35. The van der Waals surface area contributed by atoms with Gasteiger partial charge in [0.25, 0.3) is 0 Å². The van der Waals surface area contributed by atoms with Crippen molar-refractivity contribution in [2.45, 2.75) is 0 Å². The molecule has 1 aromatic carbocycles. The van der Waals surface area contributed by atoms with Crippen molar-refractivity contribution in [2.24, 2.45) is 0 Å². The quantitative estimate of drug-likeness (QED) is 0.521. The van der Waals surface area contributed by atoms with E-state index in [0.29, 0.717) is 16.9 Å². The minimum Gasteiger partial charge on any atom is -0.399 e. The number of ketones is 1. The Bertz CT molecular complexity index is 798. The number of nitrogens with one attached hydrogen (secondary N) is 1. The molecule has 1 aliphatic rings. The molecule has 5 heteroatoms. The summed E-state index contributed by atoms with van der Waals surface area (Å²) in [5, 5.41) is 9.19. The number of nitrogens with zero attached hydrogens (tertiary/aromatic N) is 1. The smallest absolute Gasteiger partial charge is 0.208 e. The largest absolute Gasteiger partial charge is 0.399 e. The first kappa shape index (κ1) is 10.5. The van der Waals surface area contributed by atoms with Crippen LogP contribution in [-0.2, 0) is 0 Å². The fourth-order valence-electron chi connectivity index (χ4n) is 2.40. The molecule has 0 amide bonds. The molecular formula is C14H9N3OS. The maximum absolute atomic E-state index is 12.4. The summed E-state index contributed by atoms with van der Waals surface area (Å²) in [7, 11) is 0. The molecule has 0 unspecified atom stereocenters. The van der Waals surface area contributed by atoms with Crippen LogP contribution in [0.25, 0.3) is 22.5 Å². The Balaban J connectivity index is 1.94. The van der Waals surface area contributed by atoms with Crippen LogP contribution in [0.5, 0.6) is 0 Å². The minimum absolute atomic E-state index is 0.0561. The average molecular weight is 267 g/mol. The van der Waals surface area contributed by atoms with E-state index < -0.39 is 0 Å². The number of benzene rings is 1. The number of carbonyl (C=O) groups is 1. The molecule has 0 radical (unpaired) electrons. The van der Waals surface area contributed by atoms with Gasteiger partial charge in [0.1, 0.15) is 5.69 Å². The predicted octanol–water partition coefficient (Wildman–Crippen LogP) is 2.93. The topological polar surface area (TPSA) is 71.8 Å². The molecular weight excluding hydrogens is 258 g/mol. The van der Waals surface area contributed by atoms with Gasteiger partial charge in [0.05, 0.1) is 16.1 Å². The average Bonchev–Trinajstić information content (AvgIpc) is 3.08. The first-order valence-electron chi connectivity index (χ1n) is 5.82. The molecule has 0 saturated carbocycles. The van der Waals surface area contributed by atoms with Gasteiger partial charge < -0.3 is 5.73 Å². The summed E-state index contributed by atoms with van der Waals surface area (Å²) in [6, 6.07) is 9.34. The zero-order valence-electron chi connectivity index (χ0n) is 9.81. The molecule has 0 atom stereocenters. The van der Waals surface area contributed by atoms with Gasteiger partial charge in [-0.2, -0.15) is 5.10 Å². The second kappa shape index (κ2) is 3.55. The van der Waals surface area contributed by atoms with Crippen molar-refractivity contribution in [3.05, 3.63) is 46.2 Å². The highest BCUT2D eigenvalue weighted by molar-refractivity contribution is 7.13. The summed E-state index contributed by atoms with van der Waals surface area (Å²) in [6.45, 7) is 0. The lowest BCUT2D eigenvalue weighted by Crippen LogP contribution is -1.95. The lowest BCUT2D eigenvalue weighted by Gasteiger charge is -1.99. The van der Waals surface area contributed by atoms with Crippen LogP contribution < -0.4 is 5.73 Å². The number of rotatable bonds is 1. The van der Waals surface area contributed by atoms with Gasteiger partial charge in [-0.25, -0.2) is 0 Å². The van der Waals surface area contributed by atoms with Crippen molar-refractivity contribution >= 4 is 22.8 Å². The van der Waals surface area contributed by atoms with Gasteiger partial charge in [0.15, 0.2) is 0 Å². The number of H-pyrrole nitrogens is 1. The molecule has 3 N–H and O–H groups in total. The van der Waals surface area contributed by atoms with Crippen molar-refractivity contribution in [2.75, 3.05) is 5.73 Å². The van der Waals surface area contributed by atoms with E-state index >= 15 is 0 Å². The van der Waals surface area contributed by atoms with Crippen molar-refractivity contribution in [3.63, 3.8) is 0 Å². The standard InChI is InChI=1S/C14H9N3OS/c15-8-3-1-7(2-4-8)11-10-12(17-16-11)9-5-6-19-14(9)13(10)18/h1-6H,15H2,(H,16,17). The van der Waals surface area contributed by atoms with Gasteiger partial charge in [0.2, 0.25) is 5.78 Å². The van der Waals surface area contributed by atoms with Gasteiger partial charge in [-0.15, -0.1) is 11.3 Å². The molecule has 1 aliphatic carbocycles. The number of nitrogen functional groups attached to an aromatic ring is 1. The van der Waals surface area contributed by atoms with E-state index in [-0.39, 0.29) is 5.78 Å². The van der Waals surface area contributed by atoms with Gasteiger partial charge in [0, 0.05) is 16.8 Å². The zero-order valence-corrected chi connectivity index (χ0v) is 10.6. The van der Waals surface area contributed by atoms with E-state index in [1.807, 2.05) is 35.7 Å². The molecule has 3 aromatic rings. The Labute approximate surface area is 112 Å². The van der Waals surface area contributed by atoms with Crippen LogP contribution >= 0.6 is 11.3 Å². The number of carbonyl (C=O) groups excluding carboxylic acids is 1. The predicted molar refractivity (Wildman–Crippen MR) is 75.2 cm³/mol. The Morgan fingerprint density at radius 3 is 2.74 bits per heavy atom. The van der Waals surface area contributed by atoms with Crippen molar-refractivity contribution in [1.82, 2.24) is 10.2 Å². The molecule has 92 valence electrons. The summed E-state index contributed by atoms with van der Waals surface area (Å²) in [5.74, 6) is 0.0561. The van der Waals surface area contributed by atoms with Gasteiger partial charge in [-0.1, -0.05) is 12.1 Å². The van der Waals surface area contributed by atoms with E-state index in [1.54, 1.807) is 0 Å². The summed E-state index contributed by atoms with van der Waals surface area (Å²) < 4.78 is 0. The summed E-state index contributed by atoms with van der Waals surface area (Å²) >= 11 is 1.47. The van der Waals surface area contributed by atoms with E-state index in [0.717, 1.165) is 21.7 Å². The van der Waals surface area contributed by atoms with Crippen LogP contribution in [-0.4, -0.2) is 16.0 Å². The first-order valence-corrected chi connectivity index (χ1v) is 6.70. The number of thiophene rings is 1. The van der Waals surface area contributed by atoms with E-state index in [1.165, 1.54) is 11.3 Å². The van der Waals surface area contributed by atoms with Crippen LogP contribution in [0.2, 0.25) is 0 Å². The molecule has 4 rings (SSSR count). The third-order valence-corrected chi connectivity index (χ3v) is 4.23. The van der Waals surface area contributed by atoms with Crippen LogP contribution in [0.15, 0.2) is 35.7 Å². The number of aromatic amines is 1. The number of fused-ring (bicyclic) bond motifs is 3. The molecule has 0 spiro atoms. The van der Waals surface area contributed by atoms with Crippen molar-refractivity contribution < 1.29 is 4.79 Å². The number of nitrogens with two attached hydrogens (primary N) is 1. The molecule has 0 fully saturated rings. The number of aromatic nitrogens is 2. The highest BCUT2D eigenvalue weighted by atomic mass is 32.1. The van der Waals surface area contributed by atoms with Gasteiger partial charge in [-0.05, 0) is 23.6 Å². The number of anilines is 1. The van der Waals surface area contributed by atoms with E-state index in [9.17, 15) is 4.79 Å². The highest BCUT2D eigenvalue weighted by Gasteiger charge is 2.33. The first-order chi connectivity index (χ1) is 9.25. The fraction of sp³-hybridized carbons (Fsp3) is 0. The SMILES string of the molecule is Nc1ccc(-c2n[nH]c3c2C(=O)c2sccc2-3)cc1. The van der Waals surface area contributed by atoms with Crippen LogP contribution in [0.4, 0.5) is 5.69 Å². The highest BCUT2D eigenvalue weighted by Crippen LogP contribution is 2.42. The Kier molecular flexibility index (Phi) is 1.97. The monoisotopic (exact) mass is 267 g/mol. The Morgan fingerprint density at radius 1 is 1.16 bits per heavy atom. The van der Waals surface area contributed by atoms with Crippen molar-refractivity contribution in [3.8, 4) is 22.5 Å². The van der Waals surface area contributed by atoms with Crippen LogP contribution in [0.3, 0.4) is 0 Å². The lowest BCUT2D eigenvalue weighted by atomic mass is 10.1.